The van der Waals surface area contributed by atoms with Crippen LogP contribution in [0.1, 0.15) is 51.3 Å². The Morgan fingerprint density at radius 1 is 1.47 bits per heavy atom. The summed E-state index contributed by atoms with van der Waals surface area (Å²) in [7, 11) is 0. The summed E-state index contributed by atoms with van der Waals surface area (Å²) < 4.78 is 0. The lowest BCUT2D eigenvalue weighted by molar-refractivity contribution is -0.0978. The van der Waals surface area contributed by atoms with Crippen LogP contribution in [0.15, 0.2) is 17.5 Å². The Morgan fingerprint density at radius 2 is 2.11 bits per heavy atom. The summed E-state index contributed by atoms with van der Waals surface area (Å²) in [6.07, 6.45) is 4.46. The van der Waals surface area contributed by atoms with Crippen LogP contribution in [0.2, 0.25) is 0 Å². The number of rotatable bonds is 4. The number of nitrogens with two attached hydrogens (primary N) is 1. The highest BCUT2D eigenvalue weighted by atomic mass is 32.1. The second-order valence-electron chi connectivity index (χ2n) is 6.62. The maximum Gasteiger partial charge on any atom is 0.103 e. The van der Waals surface area contributed by atoms with Crippen molar-refractivity contribution in [2.75, 3.05) is 6.54 Å². The predicted octanol–water partition coefficient (Wildman–Crippen LogP) is 3.75. The summed E-state index contributed by atoms with van der Waals surface area (Å²) in [5.41, 5.74) is 5.15. The van der Waals surface area contributed by atoms with Gasteiger partial charge in [0, 0.05) is 16.8 Å². The molecule has 1 aliphatic carbocycles. The molecule has 1 aliphatic rings. The molecule has 0 aromatic carbocycles. The molecular formula is C16H27NOS. The van der Waals surface area contributed by atoms with Crippen LogP contribution in [0.4, 0.5) is 0 Å². The Labute approximate surface area is 121 Å². The maximum absolute atomic E-state index is 11.1. The highest BCUT2D eigenvalue weighted by Gasteiger charge is 2.49. The van der Waals surface area contributed by atoms with Crippen molar-refractivity contribution in [1.29, 1.82) is 0 Å². The minimum absolute atomic E-state index is 0.150. The fourth-order valence-corrected chi connectivity index (χ4v) is 4.47. The molecule has 1 aromatic heterocycles. The first-order chi connectivity index (χ1) is 8.93. The van der Waals surface area contributed by atoms with Gasteiger partial charge in [0.2, 0.25) is 0 Å². The van der Waals surface area contributed by atoms with Gasteiger partial charge in [-0.15, -0.1) is 11.3 Å². The van der Waals surface area contributed by atoms with Crippen LogP contribution in [0.25, 0.3) is 0 Å². The molecule has 1 unspecified atom stereocenters. The van der Waals surface area contributed by atoms with Crippen LogP contribution in [-0.2, 0) is 5.60 Å². The Balaban J connectivity index is 2.20. The first-order valence-electron chi connectivity index (χ1n) is 7.39. The van der Waals surface area contributed by atoms with Gasteiger partial charge in [0.25, 0.3) is 0 Å². The van der Waals surface area contributed by atoms with Crippen LogP contribution in [0.5, 0.6) is 0 Å². The maximum atomic E-state index is 11.1. The van der Waals surface area contributed by atoms with E-state index in [0.717, 1.165) is 29.6 Å². The van der Waals surface area contributed by atoms with Crippen molar-refractivity contribution in [2.24, 2.45) is 23.0 Å². The molecule has 0 aliphatic heterocycles. The van der Waals surface area contributed by atoms with Crippen molar-refractivity contribution in [3.63, 3.8) is 0 Å². The van der Waals surface area contributed by atoms with Gasteiger partial charge >= 0.3 is 0 Å². The third-order valence-corrected chi connectivity index (χ3v) is 6.44. The zero-order valence-electron chi connectivity index (χ0n) is 12.4. The van der Waals surface area contributed by atoms with E-state index >= 15 is 0 Å². The Bertz CT molecular complexity index is 389. The zero-order valence-corrected chi connectivity index (χ0v) is 13.2. The van der Waals surface area contributed by atoms with E-state index in [0.29, 0.717) is 6.54 Å². The second kappa shape index (κ2) is 5.55. The summed E-state index contributed by atoms with van der Waals surface area (Å²) in [4.78, 5) is 1.06. The summed E-state index contributed by atoms with van der Waals surface area (Å²) in [5.74, 6) is 1.53. The van der Waals surface area contributed by atoms with Crippen molar-refractivity contribution in [3.8, 4) is 0 Å². The molecule has 2 nitrogen and oxygen atoms in total. The molecule has 3 N–H and O–H groups in total. The molecule has 0 bridgehead atoms. The first kappa shape index (κ1) is 15.0. The number of thiophene rings is 1. The molecular weight excluding hydrogens is 254 g/mol. The minimum Gasteiger partial charge on any atom is -0.384 e. The smallest absolute Gasteiger partial charge is 0.103 e. The molecule has 108 valence electrons. The lowest BCUT2D eigenvalue weighted by Gasteiger charge is -2.49. The number of hydrogen-bond donors (Lipinski definition) is 2. The van der Waals surface area contributed by atoms with Gasteiger partial charge in [-0.2, -0.15) is 0 Å². The topological polar surface area (TPSA) is 46.2 Å². The molecule has 1 fully saturated rings. The van der Waals surface area contributed by atoms with Crippen LogP contribution in [-0.4, -0.2) is 11.7 Å². The predicted molar refractivity (Wildman–Crippen MR) is 82.2 cm³/mol. The average molecular weight is 281 g/mol. The van der Waals surface area contributed by atoms with E-state index in [9.17, 15) is 5.11 Å². The largest absolute Gasteiger partial charge is 0.384 e. The fraction of sp³-hybridized carbons (Fsp3) is 0.750. The van der Waals surface area contributed by atoms with Crippen LogP contribution < -0.4 is 5.73 Å². The van der Waals surface area contributed by atoms with E-state index < -0.39 is 5.60 Å². The van der Waals surface area contributed by atoms with Crippen molar-refractivity contribution in [3.05, 3.63) is 22.4 Å². The van der Waals surface area contributed by atoms with Gasteiger partial charge in [-0.3, -0.25) is 0 Å². The SMILES string of the molecule is CC(C)C1CCC(CN)(C(C)(O)c2cccs2)CC1. The molecule has 0 saturated heterocycles. The fourth-order valence-electron chi connectivity index (χ4n) is 3.57. The van der Waals surface area contributed by atoms with Gasteiger partial charge in [-0.05, 0) is 55.9 Å². The molecule has 19 heavy (non-hydrogen) atoms. The van der Waals surface area contributed by atoms with Crippen molar-refractivity contribution >= 4 is 11.3 Å². The van der Waals surface area contributed by atoms with E-state index in [1.54, 1.807) is 11.3 Å². The quantitative estimate of drug-likeness (QED) is 0.883. The van der Waals surface area contributed by atoms with E-state index in [1.165, 1.54) is 12.8 Å². The molecule has 1 atom stereocenters. The Morgan fingerprint density at radius 3 is 2.53 bits per heavy atom. The lowest BCUT2D eigenvalue weighted by atomic mass is 9.60. The molecule has 1 aromatic rings. The summed E-state index contributed by atoms with van der Waals surface area (Å²) in [6.45, 7) is 7.14. The van der Waals surface area contributed by atoms with Crippen molar-refractivity contribution in [2.45, 2.75) is 52.1 Å². The third-order valence-electron chi connectivity index (χ3n) is 5.35. The van der Waals surface area contributed by atoms with Crippen molar-refractivity contribution in [1.82, 2.24) is 0 Å². The molecule has 1 saturated carbocycles. The molecule has 2 rings (SSSR count). The summed E-state index contributed by atoms with van der Waals surface area (Å²) in [6, 6.07) is 4.05. The third kappa shape index (κ3) is 2.61. The van der Waals surface area contributed by atoms with Gasteiger partial charge < -0.3 is 10.8 Å². The van der Waals surface area contributed by atoms with Gasteiger partial charge in [0.15, 0.2) is 0 Å². The van der Waals surface area contributed by atoms with E-state index in [1.807, 2.05) is 24.4 Å². The van der Waals surface area contributed by atoms with E-state index in [-0.39, 0.29) is 5.41 Å². The van der Waals surface area contributed by atoms with Crippen LogP contribution in [0.3, 0.4) is 0 Å². The number of hydrogen-bond acceptors (Lipinski definition) is 3. The number of aliphatic hydroxyl groups is 1. The van der Waals surface area contributed by atoms with E-state index in [2.05, 4.69) is 13.8 Å². The molecule has 0 spiro atoms. The minimum atomic E-state index is -0.794. The van der Waals surface area contributed by atoms with Gasteiger partial charge in [0.1, 0.15) is 5.60 Å². The summed E-state index contributed by atoms with van der Waals surface area (Å²) in [5, 5.41) is 13.1. The van der Waals surface area contributed by atoms with Crippen LogP contribution in [0, 0.1) is 17.3 Å². The molecule has 0 amide bonds. The molecule has 0 radical (unpaired) electrons. The highest BCUT2D eigenvalue weighted by molar-refractivity contribution is 7.10. The average Bonchev–Trinajstić information content (AvgIpc) is 2.93. The van der Waals surface area contributed by atoms with Gasteiger partial charge in [0.05, 0.1) is 0 Å². The van der Waals surface area contributed by atoms with Crippen molar-refractivity contribution < 1.29 is 5.11 Å². The zero-order chi connectivity index (χ0) is 14.1. The second-order valence-corrected chi connectivity index (χ2v) is 7.56. The van der Waals surface area contributed by atoms with E-state index in [4.69, 9.17) is 5.73 Å². The highest BCUT2D eigenvalue weighted by Crippen LogP contribution is 2.52. The lowest BCUT2D eigenvalue weighted by Crippen LogP contribution is -2.50. The Kier molecular flexibility index (Phi) is 4.38. The normalized spacial score (nSPS) is 31.4. The standard InChI is InChI=1S/C16H27NOS/c1-12(2)13-6-8-16(11-17,9-7-13)15(3,18)14-5-4-10-19-14/h4-5,10,12-13,18H,6-9,11,17H2,1-3H3. The van der Waals surface area contributed by atoms with Gasteiger partial charge in [-0.25, -0.2) is 0 Å². The summed E-state index contributed by atoms with van der Waals surface area (Å²) >= 11 is 1.64. The van der Waals surface area contributed by atoms with Gasteiger partial charge in [-0.1, -0.05) is 19.9 Å². The molecule has 1 heterocycles. The van der Waals surface area contributed by atoms with Crippen LogP contribution >= 0.6 is 11.3 Å². The monoisotopic (exact) mass is 281 g/mol. The molecule has 3 heteroatoms. The Hall–Kier alpha value is -0.380. The first-order valence-corrected chi connectivity index (χ1v) is 8.27.